The molecule has 1 aliphatic heterocycles. The predicted octanol–water partition coefficient (Wildman–Crippen LogP) is 3.86. The zero-order chi connectivity index (χ0) is 24.2. The monoisotopic (exact) mass is 588 g/mol. The van der Waals surface area contributed by atoms with Crippen molar-refractivity contribution in [1.29, 1.82) is 0 Å². The van der Waals surface area contributed by atoms with E-state index >= 15 is 0 Å². The summed E-state index contributed by atoms with van der Waals surface area (Å²) in [6.45, 7) is 6.72. The molecule has 0 saturated carbocycles. The number of hydrogen-bond donors (Lipinski definition) is 3. The van der Waals surface area contributed by atoms with Crippen LogP contribution in [0.4, 0.5) is 15.1 Å². The van der Waals surface area contributed by atoms with Crippen molar-refractivity contribution in [2.75, 3.05) is 52.3 Å². The number of anilines is 2. The molecule has 0 unspecified atom stereocenters. The van der Waals surface area contributed by atoms with E-state index in [2.05, 4.69) is 29.8 Å². The molecule has 2 aromatic rings. The number of likely N-dealkylation sites (N-methyl/N-ethyl adjacent to an activating group) is 2. The van der Waals surface area contributed by atoms with Crippen molar-refractivity contribution < 1.29 is 18.7 Å². The second-order valence-corrected chi connectivity index (χ2v) is 11.1. The Kier molecular flexibility index (Phi) is 8.70. The summed E-state index contributed by atoms with van der Waals surface area (Å²) in [5.41, 5.74) is 1.17. The molecular formula is C23H30FIN4O3S. The normalized spacial score (nSPS) is 14.9. The fourth-order valence-electron chi connectivity index (χ4n) is 3.56. The molecule has 0 spiro atoms. The number of benzene rings is 1. The van der Waals surface area contributed by atoms with Crippen molar-refractivity contribution in [2.24, 2.45) is 5.41 Å². The van der Waals surface area contributed by atoms with E-state index in [1.165, 1.54) is 17.4 Å². The van der Waals surface area contributed by atoms with Crippen molar-refractivity contribution in [3.05, 3.63) is 43.6 Å². The average Bonchev–Trinajstić information content (AvgIpc) is 3.04. The van der Waals surface area contributed by atoms with E-state index in [1.54, 1.807) is 24.1 Å². The number of ether oxygens (including phenoxy) is 1. The third kappa shape index (κ3) is 6.43. The van der Waals surface area contributed by atoms with E-state index in [1.807, 2.05) is 29.6 Å². The molecule has 1 aromatic carbocycles. The highest BCUT2D eigenvalue weighted by Gasteiger charge is 2.35. The molecule has 2 heterocycles. The van der Waals surface area contributed by atoms with Crippen LogP contribution in [0.1, 0.15) is 39.4 Å². The van der Waals surface area contributed by atoms with Gasteiger partial charge >= 0.3 is 0 Å². The quantitative estimate of drug-likeness (QED) is 0.306. The molecule has 0 atom stereocenters. The number of amides is 2. The maximum absolute atomic E-state index is 14.6. The second-order valence-electron chi connectivity index (χ2n) is 8.83. The molecule has 0 saturated heterocycles. The van der Waals surface area contributed by atoms with Gasteiger partial charge < -0.3 is 25.6 Å². The zero-order valence-electron chi connectivity index (χ0n) is 19.3. The van der Waals surface area contributed by atoms with Gasteiger partial charge in [0.25, 0.3) is 11.8 Å². The molecule has 0 aliphatic carbocycles. The Morgan fingerprint density at radius 3 is 2.82 bits per heavy atom. The highest BCUT2D eigenvalue weighted by atomic mass is 127. The maximum atomic E-state index is 14.6. The molecule has 1 aliphatic rings. The Labute approximate surface area is 211 Å². The topological polar surface area (TPSA) is 82.7 Å². The number of rotatable bonds is 9. The number of carbonyl (C=O) groups excluding carboxylic acids is 2. The molecule has 0 radical (unpaired) electrons. The summed E-state index contributed by atoms with van der Waals surface area (Å²) < 4.78 is 20.9. The summed E-state index contributed by atoms with van der Waals surface area (Å²) in [6.07, 6.45) is 0.558. The Balaban J connectivity index is 1.96. The van der Waals surface area contributed by atoms with Crippen molar-refractivity contribution in [3.8, 4) is 0 Å². The summed E-state index contributed by atoms with van der Waals surface area (Å²) in [5, 5.41) is 9.52. The highest BCUT2D eigenvalue weighted by Crippen LogP contribution is 2.41. The minimum absolute atomic E-state index is 0.205. The van der Waals surface area contributed by atoms with Gasteiger partial charge in [0.1, 0.15) is 10.8 Å². The first-order valence-corrected chi connectivity index (χ1v) is 12.7. The van der Waals surface area contributed by atoms with E-state index in [-0.39, 0.29) is 22.9 Å². The molecule has 7 nitrogen and oxygen atoms in total. The van der Waals surface area contributed by atoms with E-state index < -0.39 is 5.82 Å². The summed E-state index contributed by atoms with van der Waals surface area (Å²) >= 11 is 3.24. The fraction of sp³-hybridized carbons (Fsp3) is 0.478. The summed E-state index contributed by atoms with van der Waals surface area (Å²) in [4.78, 5) is 28.5. The molecule has 0 bridgehead atoms. The van der Waals surface area contributed by atoms with Gasteiger partial charge in [-0.3, -0.25) is 9.59 Å². The fourth-order valence-corrected chi connectivity index (χ4v) is 5.15. The van der Waals surface area contributed by atoms with Gasteiger partial charge in [-0.2, -0.15) is 0 Å². The molecule has 1 aromatic heterocycles. The number of hydrogen-bond acceptors (Lipinski definition) is 6. The van der Waals surface area contributed by atoms with Crippen molar-refractivity contribution in [1.82, 2.24) is 15.5 Å². The van der Waals surface area contributed by atoms with Gasteiger partial charge in [0.2, 0.25) is 0 Å². The minimum atomic E-state index is -0.417. The first kappa shape index (κ1) is 25.9. The standard InChI is InChI=1S/C23H30FIN4O3S/c1-23(2)12-15-18(22(31)29(4)8-10-32-9-7-26-3)21(33-19(15)20(30)27-13-23)28-17-6-5-14(25)11-16(17)24/h5-6,11,26,28H,7-10,12-13H2,1-4H3,(H,27,30). The predicted molar refractivity (Wildman–Crippen MR) is 138 cm³/mol. The number of thiophene rings is 1. The largest absolute Gasteiger partial charge is 0.378 e. The lowest BCUT2D eigenvalue weighted by Crippen LogP contribution is -2.33. The number of halogens is 2. The van der Waals surface area contributed by atoms with Gasteiger partial charge in [-0.15, -0.1) is 11.3 Å². The van der Waals surface area contributed by atoms with Crippen LogP contribution in [0.5, 0.6) is 0 Å². The third-order valence-corrected chi connectivity index (χ3v) is 7.22. The summed E-state index contributed by atoms with van der Waals surface area (Å²) in [6, 6.07) is 4.85. The Hall–Kier alpha value is -1.76. The number of carbonyl (C=O) groups is 2. The molecule has 2 amide bonds. The van der Waals surface area contributed by atoms with Crippen LogP contribution in [0.15, 0.2) is 18.2 Å². The average molecular weight is 588 g/mol. The Bertz CT molecular complexity index is 1030. The highest BCUT2D eigenvalue weighted by molar-refractivity contribution is 14.1. The molecule has 10 heteroatoms. The molecular weight excluding hydrogens is 558 g/mol. The van der Waals surface area contributed by atoms with Crippen LogP contribution in [-0.4, -0.2) is 63.7 Å². The maximum Gasteiger partial charge on any atom is 0.261 e. The van der Waals surface area contributed by atoms with E-state index in [9.17, 15) is 14.0 Å². The van der Waals surface area contributed by atoms with Crippen LogP contribution in [0, 0.1) is 14.8 Å². The Morgan fingerprint density at radius 1 is 1.36 bits per heavy atom. The minimum Gasteiger partial charge on any atom is -0.378 e. The smallest absolute Gasteiger partial charge is 0.261 e. The van der Waals surface area contributed by atoms with Crippen molar-refractivity contribution in [2.45, 2.75) is 20.3 Å². The molecule has 0 fully saturated rings. The van der Waals surface area contributed by atoms with Gasteiger partial charge in [-0.05, 0) is 65.2 Å². The molecule has 33 heavy (non-hydrogen) atoms. The van der Waals surface area contributed by atoms with E-state index in [4.69, 9.17) is 4.74 Å². The van der Waals surface area contributed by atoms with Gasteiger partial charge in [-0.1, -0.05) is 13.8 Å². The van der Waals surface area contributed by atoms with E-state index in [0.29, 0.717) is 53.7 Å². The molecule has 3 rings (SSSR count). The lowest BCUT2D eigenvalue weighted by Gasteiger charge is -2.24. The first-order chi connectivity index (χ1) is 15.6. The number of fused-ring (bicyclic) bond motifs is 1. The molecule has 3 N–H and O–H groups in total. The van der Waals surface area contributed by atoms with E-state index in [0.717, 1.165) is 10.1 Å². The summed E-state index contributed by atoms with van der Waals surface area (Å²) in [7, 11) is 3.56. The van der Waals surface area contributed by atoms with Gasteiger partial charge in [0, 0.05) is 30.3 Å². The van der Waals surface area contributed by atoms with Gasteiger partial charge in [0.05, 0.1) is 29.3 Å². The number of nitrogens with zero attached hydrogens (tertiary/aromatic N) is 1. The van der Waals surface area contributed by atoms with Crippen LogP contribution in [-0.2, 0) is 11.2 Å². The van der Waals surface area contributed by atoms with Crippen LogP contribution in [0.25, 0.3) is 0 Å². The van der Waals surface area contributed by atoms with Crippen LogP contribution < -0.4 is 16.0 Å². The zero-order valence-corrected chi connectivity index (χ0v) is 22.3. The summed E-state index contributed by atoms with van der Waals surface area (Å²) in [5.74, 6) is -0.840. The lowest BCUT2D eigenvalue weighted by atomic mass is 9.85. The molecule has 180 valence electrons. The van der Waals surface area contributed by atoms with Crippen LogP contribution in [0.2, 0.25) is 0 Å². The number of nitrogens with one attached hydrogen (secondary N) is 3. The van der Waals surface area contributed by atoms with Gasteiger partial charge in [-0.25, -0.2) is 4.39 Å². The lowest BCUT2D eigenvalue weighted by molar-refractivity contribution is 0.0699. The van der Waals surface area contributed by atoms with Crippen LogP contribution in [0.3, 0.4) is 0 Å². The Morgan fingerprint density at radius 2 is 2.12 bits per heavy atom. The SMILES string of the molecule is CNCCOCCN(C)C(=O)c1c(Nc2ccc(I)cc2F)sc2c1CC(C)(C)CNC2=O. The van der Waals surface area contributed by atoms with Crippen molar-refractivity contribution in [3.63, 3.8) is 0 Å². The van der Waals surface area contributed by atoms with Gasteiger partial charge in [0.15, 0.2) is 0 Å². The van der Waals surface area contributed by atoms with Crippen LogP contribution >= 0.6 is 33.9 Å². The first-order valence-electron chi connectivity index (χ1n) is 10.8. The van der Waals surface area contributed by atoms with Crippen molar-refractivity contribution >= 4 is 56.4 Å². The third-order valence-electron chi connectivity index (χ3n) is 5.40. The second kappa shape index (κ2) is 11.1.